The normalized spacial score (nSPS) is 10.9. The molecular weight excluding hydrogens is 476 g/mol. The summed E-state index contributed by atoms with van der Waals surface area (Å²) < 4.78 is 5.89. The predicted molar refractivity (Wildman–Crippen MR) is 144 cm³/mol. The van der Waals surface area contributed by atoms with Gasteiger partial charge in [0.15, 0.2) is 0 Å². The second kappa shape index (κ2) is 10.8. The number of nitrogens with zero attached hydrogens (tertiary/aromatic N) is 2. The lowest BCUT2D eigenvalue weighted by molar-refractivity contribution is 0.103. The number of amides is 1. The molecule has 5 rings (SSSR count). The molecule has 0 spiro atoms. The molecule has 2 N–H and O–H groups in total. The maximum absolute atomic E-state index is 12.6. The Bertz CT molecular complexity index is 1430. The number of thiazole rings is 1. The van der Waals surface area contributed by atoms with Crippen molar-refractivity contribution in [1.82, 2.24) is 4.98 Å². The minimum absolute atomic E-state index is 0.161. The first kappa shape index (κ1) is 22.5. The number of hydrogen-bond acceptors (Lipinski definition) is 7. The Labute approximate surface area is 210 Å². The zero-order chi connectivity index (χ0) is 23.9. The van der Waals surface area contributed by atoms with Crippen molar-refractivity contribution in [2.24, 2.45) is 5.10 Å². The van der Waals surface area contributed by atoms with Gasteiger partial charge >= 0.3 is 0 Å². The van der Waals surface area contributed by atoms with Gasteiger partial charge in [-0.15, -0.1) is 11.3 Å². The van der Waals surface area contributed by atoms with Gasteiger partial charge < -0.3 is 10.1 Å². The molecule has 35 heavy (non-hydrogen) atoms. The van der Waals surface area contributed by atoms with Crippen LogP contribution in [-0.4, -0.2) is 17.1 Å². The van der Waals surface area contributed by atoms with E-state index in [0.29, 0.717) is 20.7 Å². The van der Waals surface area contributed by atoms with Gasteiger partial charge in [-0.3, -0.25) is 10.2 Å². The summed E-state index contributed by atoms with van der Waals surface area (Å²) >= 11 is 2.73. The van der Waals surface area contributed by atoms with Crippen LogP contribution in [0.15, 0.2) is 108 Å². The van der Waals surface area contributed by atoms with Crippen LogP contribution in [0.5, 0.6) is 11.5 Å². The van der Waals surface area contributed by atoms with Crippen molar-refractivity contribution in [3.8, 4) is 22.8 Å². The molecule has 0 unspecified atom stereocenters. The van der Waals surface area contributed by atoms with Gasteiger partial charge in [0.2, 0.25) is 5.13 Å². The van der Waals surface area contributed by atoms with E-state index in [2.05, 4.69) is 20.8 Å². The number of carbonyl (C=O) groups excluding carboxylic acids is 1. The van der Waals surface area contributed by atoms with Crippen LogP contribution >= 0.6 is 22.7 Å². The van der Waals surface area contributed by atoms with E-state index in [9.17, 15) is 4.79 Å². The summed E-state index contributed by atoms with van der Waals surface area (Å²) in [5, 5.41) is 10.4. The van der Waals surface area contributed by atoms with Crippen LogP contribution in [0.25, 0.3) is 11.3 Å². The van der Waals surface area contributed by atoms with Gasteiger partial charge in [0.1, 0.15) is 22.2 Å². The number of aromatic nitrogens is 1. The molecule has 0 radical (unpaired) electrons. The number of ether oxygens (including phenoxy) is 1. The van der Waals surface area contributed by atoms with Crippen molar-refractivity contribution in [1.29, 1.82) is 0 Å². The number of hydrazone groups is 1. The van der Waals surface area contributed by atoms with E-state index < -0.39 is 0 Å². The molecule has 0 fully saturated rings. The number of nitrogens with one attached hydrogen (secondary N) is 2. The maximum atomic E-state index is 12.6. The molecular formula is C27H20N4O2S2. The zero-order valence-electron chi connectivity index (χ0n) is 18.4. The molecule has 172 valence electrons. The third-order valence-corrected chi connectivity index (χ3v) is 6.60. The summed E-state index contributed by atoms with van der Waals surface area (Å²) in [5.41, 5.74) is 5.46. The number of rotatable bonds is 8. The van der Waals surface area contributed by atoms with Gasteiger partial charge in [-0.1, -0.05) is 78.1 Å². The summed E-state index contributed by atoms with van der Waals surface area (Å²) in [4.78, 5) is 18.0. The molecule has 0 saturated heterocycles. The highest BCUT2D eigenvalue weighted by molar-refractivity contribution is 7.20. The Kier molecular flexibility index (Phi) is 6.93. The number of benzene rings is 3. The van der Waals surface area contributed by atoms with Crippen molar-refractivity contribution in [2.75, 3.05) is 10.7 Å². The summed E-state index contributed by atoms with van der Waals surface area (Å²) in [6, 6.07) is 30.7. The number of thiophene rings is 1. The van der Waals surface area contributed by atoms with Gasteiger partial charge in [-0.05, 0) is 41.3 Å². The molecule has 0 aliphatic carbocycles. The predicted octanol–water partition coefficient (Wildman–Crippen LogP) is 7.36. The monoisotopic (exact) mass is 496 g/mol. The summed E-state index contributed by atoms with van der Waals surface area (Å²) in [7, 11) is 0. The average Bonchev–Trinajstić information content (AvgIpc) is 3.56. The Morgan fingerprint density at radius 3 is 2.43 bits per heavy atom. The number of anilines is 2. The molecule has 0 bridgehead atoms. The number of carbonyl (C=O) groups is 1. The van der Waals surface area contributed by atoms with Crippen LogP contribution in [0.3, 0.4) is 0 Å². The fraction of sp³-hybridized carbons (Fsp3) is 0. The molecule has 0 aliphatic heterocycles. The van der Waals surface area contributed by atoms with Crippen LogP contribution < -0.4 is 15.5 Å². The number of para-hydroxylation sites is 1. The largest absolute Gasteiger partial charge is 0.457 e. The average molecular weight is 497 g/mol. The highest BCUT2D eigenvalue weighted by atomic mass is 32.1. The first-order chi connectivity index (χ1) is 17.2. The Balaban J connectivity index is 1.32. The molecule has 6 nitrogen and oxygen atoms in total. The Morgan fingerprint density at radius 2 is 1.66 bits per heavy atom. The molecule has 1 amide bonds. The van der Waals surface area contributed by atoms with Gasteiger partial charge in [0.05, 0.1) is 11.1 Å². The summed E-state index contributed by atoms with van der Waals surface area (Å²) in [6.07, 6.45) is 1.70. The molecule has 8 heteroatoms. The van der Waals surface area contributed by atoms with E-state index in [1.807, 2.05) is 96.4 Å². The number of hydrogen-bond donors (Lipinski definition) is 2. The molecule has 5 aromatic rings. The summed E-state index contributed by atoms with van der Waals surface area (Å²) in [5.74, 6) is 1.33. The third-order valence-electron chi connectivity index (χ3n) is 4.86. The van der Waals surface area contributed by atoms with Crippen LogP contribution in [0, 0.1) is 0 Å². The van der Waals surface area contributed by atoms with Crippen molar-refractivity contribution >= 4 is 44.9 Å². The van der Waals surface area contributed by atoms with E-state index in [1.165, 1.54) is 22.7 Å². The lowest BCUT2D eigenvalue weighted by Gasteiger charge is -2.05. The van der Waals surface area contributed by atoms with Crippen LogP contribution in [-0.2, 0) is 0 Å². The van der Waals surface area contributed by atoms with E-state index in [-0.39, 0.29) is 5.91 Å². The minimum atomic E-state index is -0.161. The van der Waals surface area contributed by atoms with Crippen LogP contribution in [0.2, 0.25) is 0 Å². The van der Waals surface area contributed by atoms with Gasteiger partial charge in [0.25, 0.3) is 5.91 Å². The first-order valence-corrected chi connectivity index (χ1v) is 12.5. The molecule has 3 aromatic carbocycles. The SMILES string of the molecule is O=C(Nc1sc(N/N=C/c2cccc(Oc3ccccc3)c2)nc1-c1ccccc1)c1cccs1. The summed E-state index contributed by atoms with van der Waals surface area (Å²) in [6.45, 7) is 0. The van der Waals surface area contributed by atoms with Crippen molar-refractivity contribution < 1.29 is 9.53 Å². The van der Waals surface area contributed by atoms with E-state index in [1.54, 1.807) is 12.3 Å². The zero-order valence-corrected chi connectivity index (χ0v) is 20.1. The van der Waals surface area contributed by atoms with Gasteiger partial charge in [-0.25, -0.2) is 4.98 Å². The van der Waals surface area contributed by atoms with Gasteiger partial charge in [0, 0.05) is 5.56 Å². The van der Waals surface area contributed by atoms with Crippen molar-refractivity contribution in [3.05, 3.63) is 113 Å². The topological polar surface area (TPSA) is 75.6 Å². The molecule has 0 aliphatic rings. The Hall–Kier alpha value is -4.27. The fourth-order valence-electron chi connectivity index (χ4n) is 3.26. The van der Waals surface area contributed by atoms with E-state index in [4.69, 9.17) is 4.74 Å². The van der Waals surface area contributed by atoms with Crippen molar-refractivity contribution in [3.63, 3.8) is 0 Å². The second-order valence-corrected chi connectivity index (χ2v) is 9.30. The second-order valence-electron chi connectivity index (χ2n) is 7.35. The third kappa shape index (κ3) is 5.81. The minimum Gasteiger partial charge on any atom is -0.457 e. The Morgan fingerprint density at radius 1 is 0.886 bits per heavy atom. The van der Waals surface area contributed by atoms with E-state index >= 15 is 0 Å². The van der Waals surface area contributed by atoms with Crippen LogP contribution in [0.4, 0.5) is 10.1 Å². The molecule has 2 heterocycles. The van der Waals surface area contributed by atoms with Gasteiger partial charge in [-0.2, -0.15) is 5.10 Å². The van der Waals surface area contributed by atoms with E-state index in [0.717, 1.165) is 22.6 Å². The van der Waals surface area contributed by atoms with Crippen molar-refractivity contribution in [2.45, 2.75) is 0 Å². The molecule has 2 aromatic heterocycles. The smallest absolute Gasteiger partial charge is 0.266 e. The lowest BCUT2D eigenvalue weighted by Crippen LogP contribution is -2.09. The quantitative estimate of drug-likeness (QED) is 0.174. The molecule has 0 saturated carbocycles. The standard InChI is InChI=1S/C27H20N4O2S2/c32-25(23-15-8-16-34-23)30-26-24(20-10-3-1-4-11-20)29-27(35-26)31-28-18-19-9-7-14-22(17-19)33-21-12-5-2-6-13-21/h1-18H,(H,29,31)(H,30,32)/b28-18+. The highest BCUT2D eigenvalue weighted by Gasteiger charge is 2.16. The first-order valence-electron chi connectivity index (χ1n) is 10.8. The maximum Gasteiger partial charge on any atom is 0.266 e. The lowest BCUT2D eigenvalue weighted by atomic mass is 10.2. The molecule has 0 atom stereocenters. The highest BCUT2D eigenvalue weighted by Crippen LogP contribution is 2.36. The fourth-order valence-corrected chi connectivity index (χ4v) is 4.71. The van der Waals surface area contributed by atoms with Crippen LogP contribution in [0.1, 0.15) is 15.2 Å².